The summed E-state index contributed by atoms with van der Waals surface area (Å²) in [6.45, 7) is 7.27. The van der Waals surface area contributed by atoms with Crippen molar-refractivity contribution in [2.75, 3.05) is 13.2 Å². The second kappa shape index (κ2) is 18.1. The van der Waals surface area contributed by atoms with Gasteiger partial charge in [0.2, 0.25) is 11.8 Å². The Bertz CT molecular complexity index is 1300. The molecule has 0 radical (unpaired) electrons. The van der Waals surface area contributed by atoms with Gasteiger partial charge in [0, 0.05) is 6.42 Å². The van der Waals surface area contributed by atoms with Crippen LogP contribution in [-0.4, -0.2) is 42.1 Å². The highest BCUT2D eigenvalue weighted by atomic mass is 16.5. The van der Waals surface area contributed by atoms with Crippen molar-refractivity contribution in [2.45, 2.75) is 44.2 Å². The van der Waals surface area contributed by atoms with Crippen molar-refractivity contribution in [1.82, 2.24) is 10.6 Å². The normalized spacial score (nSPS) is 13.5. The minimum Gasteiger partial charge on any atom is -0.463 e. The summed E-state index contributed by atoms with van der Waals surface area (Å²) >= 11 is 0. The Labute approximate surface area is 254 Å². The average Bonchev–Trinajstić information content (AvgIpc) is 3.03. The highest BCUT2D eigenvalue weighted by Crippen LogP contribution is 2.20. The molecule has 0 fully saturated rings. The van der Waals surface area contributed by atoms with Gasteiger partial charge in [-0.2, -0.15) is 0 Å². The third kappa shape index (κ3) is 11.4. The van der Waals surface area contributed by atoms with E-state index in [-0.39, 0.29) is 43.8 Å². The maximum Gasteiger partial charge on any atom is 0.309 e. The molecule has 0 aliphatic carbocycles. The fraction of sp³-hybridized carbons (Fsp3) is 0.306. The maximum atomic E-state index is 13.5. The number of esters is 1. The molecule has 3 rings (SSSR count). The molecule has 0 saturated heterocycles. The van der Waals surface area contributed by atoms with Gasteiger partial charge in [-0.25, -0.2) is 0 Å². The van der Waals surface area contributed by atoms with E-state index in [0.29, 0.717) is 19.3 Å². The second-order valence-electron chi connectivity index (χ2n) is 10.6. The third-order valence-electron chi connectivity index (χ3n) is 7.18. The van der Waals surface area contributed by atoms with Crippen LogP contribution in [0.3, 0.4) is 0 Å². The van der Waals surface area contributed by atoms with Crippen molar-refractivity contribution in [3.05, 3.63) is 133 Å². The van der Waals surface area contributed by atoms with Crippen LogP contribution in [0, 0.1) is 11.8 Å². The molecular formula is C36H42N2O5. The van der Waals surface area contributed by atoms with Crippen LogP contribution in [0.5, 0.6) is 0 Å². The van der Waals surface area contributed by atoms with Gasteiger partial charge in [0.1, 0.15) is 6.61 Å². The zero-order valence-electron chi connectivity index (χ0n) is 24.6. The number of nitrogens with one attached hydrogen (secondary N) is 2. The summed E-state index contributed by atoms with van der Waals surface area (Å²) in [5.41, 5.74) is 2.79. The number of benzene rings is 3. The maximum absolute atomic E-state index is 13.5. The van der Waals surface area contributed by atoms with Gasteiger partial charge in [-0.3, -0.25) is 14.4 Å². The van der Waals surface area contributed by atoms with Gasteiger partial charge in [-0.15, -0.1) is 13.2 Å². The molecule has 43 heavy (non-hydrogen) atoms. The predicted octanol–water partition coefficient (Wildman–Crippen LogP) is 5.12. The molecule has 3 N–H and O–H groups in total. The molecule has 4 atom stereocenters. The number of rotatable bonds is 18. The van der Waals surface area contributed by atoms with E-state index >= 15 is 0 Å². The Hall–Kier alpha value is -4.49. The largest absolute Gasteiger partial charge is 0.463 e. The lowest BCUT2D eigenvalue weighted by atomic mass is 9.96. The lowest BCUT2D eigenvalue weighted by Crippen LogP contribution is -2.42. The van der Waals surface area contributed by atoms with E-state index in [1.807, 2.05) is 91.0 Å². The Morgan fingerprint density at radius 1 is 0.744 bits per heavy atom. The summed E-state index contributed by atoms with van der Waals surface area (Å²) in [7, 11) is 0. The van der Waals surface area contributed by atoms with E-state index in [1.54, 1.807) is 12.2 Å². The van der Waals surface area contributed by atoms with Gasteiger partial charge in [0.15, 0.2) is 0 Å². The van der Waals surface area contributed by atoms with Crippen LogP contribution in [-0.2, 0) is 32.0 Å². The fourth-order valence-electron chi connectivity index (χ4n) is 4.90. The van der Waals surface area contributed by atoms with Crippen molar-refractivity contribution in [3.8, 4) is 0 Å². The molecule has 3 aromatic rings. The van der Waals surface area contributed by atoms with E-state index in [2.05, 4.69) is 23.8 Å². The van der Waals surface area contributed by atoms with Gasteiger partial charge < -0.3 is 20.5 Å². The first-order valence-corrected chi connectivity index (χ1v) is 14.6. The van der Waals surface area contributed by atoms with E-state index < -0.39 is 23.9 Å². The monoisotopic (exact) mass is 582 g/mol. The van der Waals surface area contributed by atoms with Crippen LogP contribution in [0.4, 0.5) is 0 Å². The average molecular weight is 583 g/mol. The first-order chi connectivity index (χ1) is 20.9. The zero-order chi connectivity index (χ0) is 30.9. The quantitative estimate of drug-likeness (QED) is 0.143. The van der Waals surface area contributed by atoms with Crippen LogP contribution in [0.15, 0.2) is 116 Å². The number of hydrogen-bond donors (Lipinski definition) is 3. The number of carbonyl (C=O) groups excluding carboxylic acids is 3. The summed E-state index contributed by atoms with van der Waals surface area (Å²) in [6, 6.07) is 27.5. The highest BCUT2D eigenvalue weighted by molar-refractivity contribution is 5.86. The molecule has 0 aliphatic heterocycles. The Kier molecular flexibility index (Phi) is 13.9. The Morgan fingerprint density at radius 2 is 1.28 bits per heavy atom. The molecule has 0 aromatic heterocycles. The molecule has 0 saturated carbocycles. The van der Waals surface area contributed by atoms with E-state index in [4.69, 9.17) is 4.74 Å². The van der Waals surface area contributed by atoms with Gasteiger partial charge in [0.05, 0.1) is 30.5 Å². The number of hydrogen-bond acceptors (Lipinski definition) is 5. The van der Waals surface area contributed by atoms with Crippen LogP contribution in [0.25, 0.3) is 0 Å². The minimum atomic E-state index is -0.693. The lowest BCUT2D eigenvalue weighted by molar-refractivity contribution is -0.150. The molecule has 2 amide bonds. The molecule has 7 nitrogen and oxygen atoms in total. The molecule has 7 heteroatoms. The van der Waals surface area contributed by atoms with Crippen LogP contribution in [0.2, 0.25) is 0 Å². The summed E-state index contributed by atoms with van der Waals surface area (Å²) < 4.78 is 5.76. The third-order valence-corrected chi connectivity index (χ3v) is 7.18. The van der Waals surface area contributed by atoms with Crippen molar-refractivity contribution < 1.29 is 24.2 Å². The minimum absolute atomic E-state index is 0.0618. The van der Waals surface area contributed by atoms with Crippen molar-refractivity contribution >= 4 is 17.8 Å². The number of carbonyl (C=O) groups is 3. The van der Waals surface area contributed by atoms with Gasteiger partial charge in [-0.05, 0) is 42.4 Å². The standard InChI is InChI=1S/C36H42N2O5/c1-3-14-30(24-34(40)37-32(25-39)23-28-18-10-6-11-19-28)35(41)38-33(29-20-12-7-13-21-29)26-43-36(42)31(15-4-2)22-27-16-8-5-9-17-27/h3-13,16-21,30-33,39H,1-2,14-15,22-26H2,(H,37,40)(H,38,41)/t30-,31+,32-,33+/m1/s1. The number of aliphatic hydroxyl groups is 1. The molecule has 3 aromatic carbocycles. The van der Waals surface area contributed by atoms with Crippen LogP contribution >= 0.6 is 0 Å². The summed E-state index contributed by atoms with van der Waals surface area (Å²) in [4.78, 5) is 39.5. The van der Waals surface area contributed by atoms with Gasteiger partial charge in [-0.1, -0.05) is 103 Å². The predicted molar refractivity (Wildman–Crippen MR) is 169 cm³/mol. The number of amides is 2. The summed E-state index contributed by atoms with van der Waals surface area (Å²) in [5.74, 6) is -2.15. The Balaban J connectivity index is 1.65. The number of aliphatic hydroxyl groups excluding tert-OH is 1. The summed E-state index contributed by atoms with van der Waals surface area (Å²) in [5, 5.41) is 15.7. The Morgan fingerprint density at radius 3 is 1.84 bits per heavy atom. The van der Waals surface area contributed by atoms with E-state index in [9.17, 15) is 19.5 Å². The molecule has 0 spiro atoms. The molecular weight excluding hydrogens is 540 g/mol. The number of allylic oxidation sites excluding steroid dienone is 2. The molecule has 0 heterocycles. The van der Waals surface area contributed by atoms with Crippen molar-refractivity contribution in [2.24, 2.45) is 11.8 Å². The van der Waals surface area contributed by atoms with E-state index in [0.717, 1.165) is 16.7 Å². The first kappa shape index (κ1) is 33.0. The van der Waals surface area contributed by atoms with Crippen molar-refractivity contribution in [3.63, 3.8) is 0 Å². The smallest absolute Gasteiger partial charge is 0.309 e. The van der Waals surface area contributed by atoms with Crippen LogP contribution in [0.1, 0.15) is 42.0 Å². The first-order valence-electron chi connectivity index (χ1n) is 14.6. The topological polar surface area (TPSA) is 105 Å². The second-order valence-corrected chi connectivity index (χ2v) is 10.6. The van der Waals surface area contributed by atoms with Crippen molar-refractivity contribution in [1.29, 1.82) is 0 Å². The molecule has 0 unspecified atom stereocenters. The SMILES string of the molecule is C=CC[C@H](CC(=O)N[C@@H](CO)Cc1ccccc1)C(=O)N[C@@H](COC(=O)[C@@H](CC=C)Cc1ccccc1)c1ccccc1. The highest BCUT2D eigenvalue weighted by Gasteiger charge is 2.27. The van der Waals surface area contributed by atoms with Crippen LogP contribution < -0.4 is 10.6 Å². The molecule has 0 aliphatic rings. The molecule has 0 bridgehead atoms. The molecule has 226 valence electrons. The van der Waals surface area contributed by atoms with Gasteiger partial charge >= 0.3 is 5.97 Å². The zero-order valence-corrected chi connectivity index (χ0v) is 24.6. The fourth-order valence-corrected chi connectivity index (χ4v) is 4.90. The van der Waals surface area contributed by atoms with E-state index in [1.165, 1.54) is 0 Å². The van der Waals surface area contributed by atoms with Gasteiger partial charge in [0.25, 0.3) is 0 Å². The summed E-state index contributed by atoms with van der Waals surface area (Å²) in [6.07, 6.45) is 4.96. The number of ether oxygens (including phenoxy) is 1. The lowest BCUT2D eigenvalue weighted by Gasteiger charge is -2.24.